The first kappa shape index (κ1) is 21.4. The largest absolute Gasteiger partial charge is 0.453 e. The van der Waals surface area contributed by atoms with Gasteiger partial charge in [0.2, 0.25) is 17.5 Å². The second-order valence-electron chi connectivity index (χ2n) is 7.43. The average molecular weight is 436 g/mol. The van der Waals surface area contributed by atoms with Crippen molar-refractivity contribution in [1.29, 1.82) is 0 Å². The Kier molecular flexibility index (Phi) is 6.07. The molecule has 0 radical (unpaired) electrons. The zero-order valence-electron chi connectivity index (χ0n) is 17.8. The topological polar surface area (TPSA) is 104 Å². The molecule has 8 nitrogen and oxygen atoms in total. The molecule has 0 aliphatic heterocycles. The Morgan fingerprint density at radius 3 is 2.44 bits per heavy atom. The van der Waals surface area contributed by atoms with Crippen LogP contribution in [0.3, 0.4) is 0 Å². The van der Waals surface area contributed by atoms with E-state index in [-0.39, 0.29) is 30.4 Å². The van der Waals surface area contributed by atoms with Crippen LogP contribution in [0.25, 0.3) is 22.8 Å². The van der Waals surface area contributed by atoms with Crippen molar-refractivity contribution in [3.05, 3.63) is 71.2 Å². The Morgan fingerprint density at radius 1 is 1.00 bits per heavy atom. The van der Waals surface area contributed by atoms with E-state index in [4.69, 9.17) is 13.8 Å². The van der Waals surface area contributed by atoms with Gasteiger partial charge in [-0.1, -0.05) is 52.3 Å². The van der Waals surface area contributed by atoms with Crippen molar-refractivity contribution in [2.24, 2.45) is 0 Å². The van der Waals surface area contributed by atoms with Gasteiger partial charge in [0.1, 0.15) is 5.82 Å². The molecule has 1 atom stereocenters. The number of nitrogens with zero attached hydrogens (tertiary/aromatic N) is 4. The SMILES string of the molecule is Cc1ccc(-c2noc(CCC(=O)OC(C)c3nc(-c4ccc(C)c(F)c4)no3)n2)cc1. The van der Waals surface area contributed by atoms with Crippen molar-refractivity contribution in [1.82, 2.24) is 20.3 Å². The molecule has 32 heavy (non-hydrogen) atoms. The van der Waals surface area contributed by atoms with Crippen molar-refractivity contribution in [2.75, 3.05) is 0 Å². The normalized spacial score (nSPS) is 12.0. The van der Waals surface area contributed by atoms with Crippen LogP contribution in [0.2, 0.25) is 0 Å². The summed E-state index contributed by atoms with van der Waals surface area (Å²) in [5.41, 5.74) is 2.96. The van der Waals surface area contributed by atoms with Crippen LogP contribution in [-0.4, -0.2) is 26.3 Å². The lowest BCUT2D eigenvalue weighted by Gasteiger charge is -2.08. The van der Waals surface area contributed by atoms with Crippen LogP contribution in [0.5, 0.6) is 0 Å². The second-order valence-corrected chi connectivity index (χ2v) is 7.43. The molecule has 0 spiro atoms. The van der Waals surface area contributed by atoms with E-state index < -0.39 is 12.1 Å². The molecule has 0 aliphatic carbocycles. The maximum Gasteiger partial charge on any atom is 0.307 e. The summed E-state index contributed by atoms with van der Waals surface area (Å²) >= 11 is 0. The summed E-state index contributed by atoms with van der Waals surface area (Å²) < 4.78 is 29.5. The Bertz CT molecular complexity index is 1230. The predicted molar refractivity (Wildman–Crippen MR) is 112 cm³/mol. The van der Waals surface area contributed by atoms with Crippen LogP contribution in [0.1, 0.15) is 42.4 Å². The molecule has 9 heteroatoms. The molecule has 0 amide bonds. The molecule has 4 rings (SSSR count). The molecule has 4 aromatic rings. The summed E-state index contributed by atoms with van der Waals surface area (Å²) in [6.45, 7) is 5.28. The van der Waals surface area contributed by atoms with E-state index in [0.29, 0.717) is 22.8 Å². The highest BCUT2D eigenvalue weighted by molar-refractivity contribution is 5.69. The fraction of sp³-hybridized carbons (Fsp3) is 0.261. The summed E-state index contributed by atoms with van der Waals surface area (Å²) in [6, 6.07) is 12.4. The third-order valence-electron chi connectivity index (χ3n) is 4.85. The van der Waals surface area contributed by atoms with E-state index in [0.717, 1.165) is 11.1 Å². The quantitative estimate of drug-likeness (QED) is 0.381. The monoisotopic (exact) mass is 436 g/mol. The zero-order chi connectivity index (χ0) is 22.7. The van der Waals surface area contributed by atoms with E-state index >= 15 is 0 Å². The van der Waals surface area contributed by atoms with Crippen LogP contribution in [0.4, 0.5) is 4.39 Å². The number of hydrogen-bond acceptors (Lipinski definition) is 8. The van der Waals surface area contributed by atoms with Crippen LogP contribution in [0, 0.1) is 19.7 Å². The van der Waals surface area contributed by atoms with Crippen molar-refractivity contribution < 1.29 is 23.0 Å². The maximum absolute atomic E-state index is 13.8. The molecule has 0 bridgehead atoms. The van der Waals surface area contributed by atoms with Gasteiger partial charge in [-0.2, -0.15) is 9.97 Å². The molecule has 0 N–H and O–H groups in total. The van der Waals surface area contributed by atoms with Gasteiger partial charge in [0, 0.05) is 17.5 Å². The third kappa shape index (κ3) is 4.88. The summed E-state index contributed by atoms with van der Waals surface area (Å²) in [5, 5.41) is 7.79. The number of carbonyl (C=O) groups is 1. The maximum atomic E-state index is 13.8. The minimum atomic E-state index is -0.759. The van der Waals surface area contributed by atoms with Gasteiger partial charge in [0.15, 0.2) is 6.10 Å². The predicted octanol–water partition coefficient (Wildman–Crippen LogP) is 4.78. The number of carbonyl (C=O) groups excluding carboxylic acids is 1. The van der Waals surface area contributed by atoms with Gasteiger partial charge in [-0.05, 0) is 32.4 Å². The first-order chi connectivity index (χ1) is 15.4. The second kappa shape index (κ2) is 9.09. The number of benzene rings is 2. The molecule has 0 fully saturated rings. The first-order valence-corrected chi connectivity index (χ1v) is 10.1. The number of ether oxygens (including phenoxy) is 1. The number of aromatic nitrogens is 4. The van der Waals surface area contributed by atoms with Gasteiger partial charge in [-0.25, -0.2) is 4.39 Å². The molecule has 0 aliphatic rings. The minimum Gasteiger partial charge on any atom is -0.453 e. The lowest BCUT2D eigenvalue weighted by molar-refractivity contribution is -0.149. The molecular formula is C23H21FN4O4. The number of hydrogen-bond donors (Lipinski definition) is 0. The number of rotatable bonds is 7. The Labute approximate surface area is 183 Å². The first-order valence-electron chi connectivity index (χ1n) is 10.1. The van der Waals surface area contributed by atoms with Gasteiger partial charge in [-0.15, -0.1) is 0 Å². The molecule has 0 saturated carbocycles. The minimum absolute atomic E-state index is 0.0457. The van der Waals surface area contributed by atoms with Crippen molar-refractivity contribution in [3.8, 4) is 22.8 Å². The number of esters is 1. The highest BCUT2D eigenvalue weighted by Crippen LogP contribution is 2.23. The average Bonchev–Trinajstić information content (AvgIpc) is 3.45. The van der Waals surface area contributed by atoms with Gasteiger partial charge in [0.25, 0.3) is 5.89 Å². The lowest BCUT2D eigenvalue weighted by Crippen LogP contribution is -2.10. The van der Waals surface area contributed by atoms with Crippen molar-refractivity contribution in [3.63, 3.8) is 0 Å². The number of aryl methyl sites for hydroxylation is 3. The Hall–Kier alpha value is -3.88. The fourth-order valence-electron chi connectivity index (χ4n) is 2.94. The summed E-state index contributed by atoms with van der Waals surface area (Å²) in [4.78, 5) is 20.7. The van der Waals surface area contributed by atoms with Crippen LogP contribution >= 0.6 is 0 Å². The highest BCUT2D eigenvalue weighted by Gasteiger charge is 2.20. The van der Waals surface area contributed by atoms with Gasteiger partial charge < -0.3 is 13.8 Å². The molecule has 2 heterocycles. The highest BCUT2D eigenvalue weighted by atomic mass is 19.1. The Balaban J connectivity index is 1.32. The van der Waals surface area contributed by atoms with Crippen molar-refractivity contribution in [2.45, 2.75) is 39.7 Å². The van der Waals surface area contributed by atoms with Gasteiger partial charge in [0.05, 0.1) is 6.42 Å². The lowest BCUT2D eigenvalue weighted by atomic mass is 10.1. The molecular weight excluding hydrogens is 415 g/mol. The number of halogens is 1. The van der Waals surface area contributed by atoms with Crippen molar-refractivity contribution >= 4 is 5.97 Å². The molecule has 1 unspecified atom stereocenters. The molecule has 0 saturated heterocycles. The summed E-state index contributed by atoms with van der Waals surface area (Å²) in [5.74, 6) is 0.304. The molecule has 2 aromatic heterocycles. The van der Waals surface area contributed by atoms with E-state index in [1.807, 2.05) is 31.2 Å². The van der Waals surface area contributed by atoms with E-state index in [2.05, 4.69) is 20.3 Å². The van der Waals surface area contributed by atoms with Crippen LogP contribution in [0.15, 0.2) is 51.5 Å². The fourth-order valence-corrected chi connectivity index (χ4v) is 2.94. The third-order valence-corrected chi connectivity index (χ3v) is 4.85. The van der Waals surface area contributed by atoms with Crippen LogP contribution < -0.4 is 0 Å². The smallest absolute Gasteiger partial charge is 0.307 e. The van der Waals surface area contributed by atoms with E-state index in [1.165, 1.54) is 6.07 Å². The zero-order valence-corrected chi connectivity index (χ0v) is 17.8. The van der Waals surface area contributed by atoms with E-state index in [9.17, 15) is 9.18 Å². The summed E-state index contributed by atoms with van der Waals surface area (Å²) in [7, 11) is 0. The molecule has 164 valence electrons. The van der Waals surface area contributed by atoms with Gasteiger partial charge >= 0.3 is 5.97 Å². The van der Waals surface area contributed by atoms with E-state index in [1.54, 1.807) is 26.0 Å². The Morgan fingerprint density at radius 2 is 1.69 bits per heavy atom. The van der Waals surface area contributed by atoms with Gasteiger partial charge in [-0.3, -0.25) is 4.79 Å². The molecule has 2 aromatic carbocycles. The summed E-state index contributed by atoms with van der Waals surface area (Å²) in [6.07, 6.45) is -0.475. The van der Waals surface area contributed by atoms with Crippen LogP contribution in [-0.2, 0) is 16.0 Å². The standard InChI is InChI=1S/C23H21FN4O4/c1-13-4-7-16(8-5-13)21-25-19(31-27-21)10-11-20(29)30-15(3)23-26-22(28-32-23)17-9-6-14(2)18(24)12-17/h4-9,12,15H,10-11H2,1-3H3.